The largest absolute Gasteiger partial charge is 0.340 e. The van der Waals surface area contributed by atoms with E-state index in [2.05, 4.69) is 9.88 Å². The molecular formula is C22H28N4O2. The lowest BCUT2D eigenvalue weighted by Crippen LogP contribution is -2.48. The van der Waals surface area contributed by atoms with Crippen LogP contribution in [0.1, 0.15) is 37.8 Å². The zero-order chi connectivity index (χ0) is 19.1. The molecule has 1 amide bonds. The van der Waals surface area contributed by atoms with E-state index in [1.807, 2.05) is 23.1 Å². The van der Waals surface area contributed by atoms with Crippen molar-refractivity contribution in [2.75, 3.05) is 26.2 Å². The van der Waals surface area contributed by atoms with Crippen LogP contribution in [0.25, 0.3) is 5.65 Å². The number of hydrogen-bond donors (Lipinski definition) is 0. The molecular weight excluding hydrogens is 352 g/mol. The minimum Gasteiger partial charge on any atom is -0.340 e. The summed E-state index contributed by atoms with van der Waals surface area (Å²) in [4.78, 5) is 33.9. The van der Waals surface area contributed by atoms with Crippen LogP contribution in [0.5, 0.6) is 0 Å². The van der Waals surface area contributed by atoms with Crippen LogP contribution in [0.15, 0.2) is 35.3 Å². The van der Waals surface area contributed by atoms with Crippen LogP contribution in [0.4, 0.5) is 0 Å². The van der Waals surface area contributed by atoms with Crippen molar-refractivity contribution in [2.24, 2.45) is 17.8 Å². The summed E-state index contributed by atoms with van der Waals surface area (Å²) < 4.78 is 1.57. The van der Waals surface area contributed by atoms with Gasteiger partial charge in [0.1, 0.15) is 5.65 Å². The number of aromatic nitrogens is 2. The second-order valence-corrected chi connectivity index (χ2v) is 8.81. The molecule has 2 aromatic heterocycles. The molecule has 1 saturated heterocycles. The molecule has 2 aromatic rings. The van der Waals surface area contributed by atoms with Crippen molar-refractivity contribution >= 4 is 11.6 Å². The van der Waals surface area contributed by atoms with E-state index in [4.69, 9.17) is 0 Å². The Balaban J connectivity index is 1.16. The molecule has 0 aromatic carbocycles. The summed E-state index contributed by atoms with van der Waals surface area (Å²) in [6.07, 6.45) is 7.87. The van der Waals surface area contributed by atoms with Crippen molar-refractivity contribution in [3.63, 3.8) is 0 Å². The third-order valence-corrected chi connectivity index (χ3v) is 7.06. The topological polar surface area (TPSA) is 57.9 Å². The van der Waals surface area contributed by atoms with Gasteiger partial charge in [-0.3, -0.25) is 18.9 Å². The predicted molar refractivity (Wildman–Crippen MR) is 107 cm³/mol. The van der Waals surface area contributed by atoms with Gasteiger partial charge < -0.3 is 4.90 Å². The van der Waals surface area contributed by atoms with E-state index < -0.39 is 0 Å². The molecule has 5 rings (SSSR count). The highest BCUT2D eigenvalue weighted by atomic mass is 16.2. The van der Waals surface area contributed by atoms with Crippen LogP contribution >= 0.6 is 0 Å². The van der Waals surface area contributed by atoms with Crippen molar-refractivity contribution in [3.8, 4) is 0 Å². The van der Waals surface area contributed by atoms with Crippen LogP contribution < -0.4 is 5.56 Å². The molecule has 3 atom stereocenters. The van der Waals surface area contributed by atoms with Gasteiger partial charge in [0.2, 0.25) is 5.91 Å². The number of nitrogens with zero attached hydrogens (tertiary/aromatic N) is 4. The van der Waals surface area contributed by atoms with E-state index in [1.54, 1.807) is 16.7 Å². The molecule has 28 heavy (non-hydrogen) atoms. The summed E-state index contributed by atoms with van der Waals surface area (Å²) in [7, 11) is 0. The van der Waals surface area contributed by atoms with Crippen molar-refractivity contribution in [3.05, 3.63) is 46.5 Å². The Bertz CT molecular complexity index is 932. The van der Waals surface area contributed by atoms with Gasteiger partial charge in [-0.05, 0) is 49.1 Å². The average Bonchev–Trinajstić information content (AvgIpc) is 3.32. The SMILES string of the molecule is O=C(C[C@H]1C[C@H]2CC[C@H]1C2)N1CCN(Cc2cc(=O)n3ccccc3n2)CC1. The number of carbonyl (C=O) groups is 1. The molecule has 0 spiro atoms. The van der Waals surface area contributed by atoms with Crippen molar-refractivity contribution in [1.82, 2.24) is 19.2 Å². The van der Waals surface area contributed by atoms with E-state index in [-0.39, 0.29) is 5.56 Å². The van der Waals surface area contributed by atoms with Gasteiger partial charge in [0.15, 0.2) is 0 Å². The van der Waals surface area contributed by atoms with Crippen LogP contribution in [-0.4, -0.2) is 51.3 Å². The zero-order valence-corrected chi connectivity index (χ0v) is 16.3. The first-order valence-electron chi connectivity index (χ1n) is 10.6. The summed E-state index contributed by atoms with van der Waals surface area (Å²) >= 11 is 0. The van der Waals surface area contributed by atoms with Crippen molar-refractivity contribution in [2.45, 2.75) is 38.6 Å². The summed E-state index contributed by atoms with van der Waals surface area (Å²) in [5.41, 5.74) is 1.45. The number of piperazine rings is 1. The molecule has 1 aliphatic heterocycles. The lowest BCUT2D eigenvalue weighted by atomic mass is 9.86. The Hall–Kier alpha value is -2.21. The quantitative estimate of drug-likeness (QED) is 0.816. The Morgan fingerprint density at radius 2 is 1.96 bits per heavy atom. The molecule has 2 bridgehead atoms. The van der Waals surface area contributed by atoms with Gasteiger partial charge in [0, 0.05) is 51.4 Å². The van der Waals surface area contributed by atoms with E-state index in [0.29, 0.717) is 24.0 Å². The summed E-state index contributed by atoms with van der Waals surface area (Å²) in [5, 5.41) is 0. The van der Waals surface area contributed by atoms with E-state index in [9.17, 15) is 9.59 Å². The maximum Gasteiger partial charge on any atom is 0.258 e. The van der Waals surface area contributed by atoms with Gasteiger partial charge in [-0.1, -0.05) is 12.5 Å². The van der Waals surface area contributed by atoms with Gasteiger partial charge in [0.05, 0.1) is 5.69 Å². The molecule has 6 nitrogen and oxygen atoms in total. The molecule has 3 aliphatic rings. The second kappa shape index (κ2) is 7.32. The fraction of sp³-hybridized carbons (Fsp3) is 0.591. The second-order valence-electron chi connectivity index (χ2n) is 8.81. The summed E-state index contributed by atoms with van der Waals surface area (Å²) in [5.74, 6) is 2.70. The number of hydrogen-bond acceptors (Lipinski definition) is 4. The summed E-state index contributed by atoms with van der Waals surface area (Å²) in [6.45, 7) is 3.92. The molecule has 0 radical (unpaired) electrons. The third-order valence-electron chi connectivity index (χ3n) is 7.06. The maximum atomic E-state index is 12.7. The molecule has 0 unspecified atom stereocenters. The van der Waals surface area contributed by atoms with Crippen molar-refractivity contribution < 1.29 is 4.79 Å². The predicted octanol–water partition coefficient (Wildman–Crippen LogP) is 2.17. The first-order valence-corrected chi connectivity index (χ1v) is 10.6. The van der Waals surface area contributed by atoms with Gasteiger partial charge >= 0.3 is 0 Å². The normalized spacial score (nSPS) is 27.6. The zero-order valence-electron chi connectivity index (χ0n) is 16.3. The van der Waals surface area contributed by atoms with E-state index in [1.165, 1.54) is 25.7 Å². The van der Waals surface area contributed by atoms with E-state index >= 15 is 0 Å². The number of pyridine rings is 1. The molecule has 2 saturated carbocycles. The van der Waals surface area contributed by atoms with Gasteiger partial charge in [0.25, 0.3) is 5.56 Å². The lowest BCUT2D eigenvalue weighted by molar-refractivity contribution is -0.134. The molecule has 3 fully saturated rings. The smallest absolute Gasteiger partial charge is 0.258 e. The highest BCUT2D eigenvalue weighted by Crippen LogP contribution is 2.49. The fourth-order valence-corrected chi connectivity index (χ4v) is 5.55. The minimum absolute atomic E-state index is 0.0414. The molecule has 0 N–H and O–H groups in total. The Labute approximate surface area is 165 Å². The third kappa shape index (κ3) is 3.46. The number of rotatable bonds is 4. The maximum absolute atomic E-state index is 12.7. The van der Waals surface area contributed by atoms with Crippen LogP contribution in [0.3, 0.4) is 0 Å². The molecule has 148 valence electrons. The average molecular weight is 380 g/mol. The first kappa shape index (κ1) is 17.9. The first-order chi connectivity index (χ1) is 13.7. The Morgan fingerprint density at radius 3 is 2.71 bits per heavy atom. The van der Waals surface area contributed by atoms with Crippen LogP contribution in [0, 0.1) is 17.8 Å². The van der Waals surface area contributed by atoms with Gasteiger partial charge in [-0.25, -0.2) is 4.98 Å². The Kier molecular flexibility index (Phi) is 4.67. The monoisotopic (exact) mass is 380 g/mol. The molecule has 6 heteroatoms. The highest BCUT2D eigenvalue weighted by Gasteiger charge is 2.40. The minimum atomic E-state index is -0.0414. The lowest BCUT2D eigenvalue weighted by Gasteiger charge is -2.35. The number of fused-ring (bicyclic) bond motifs is 3. The number of amides is 1. The van der Waals surface area contributed by atoms with E-state index in [0.717, 1.165) is 50.1 Å². The summed E-state index contributed by atoms with van der Waals surface area (Å²) in [6, 6.07) is 7.21. The fourth-order valence-electron chi connectivity index (χ4n) is 5.55. The Morgan fingerprint density at radius 1 is 1.11 bits per heavy atom. The van der Waals surface area contributed by atoms with Crippen LogP contribution in [-0.2, 0) is 11.3 Å². The number of carbonyl (C=O) groups excluding carboxylic acids is 1. The van der Waals surface area contributed by atoms with Gasteiger partial charge in [-0.15, -0.1) is 0 Å². The highest BCUT2D eigenvalue weighted by molar-refractivity contribution is 5.76. The van der Waals surface area contributed by atoms with Crippen LogP contribution in [0.2, 0.25) is 0 Å². The molecule has 3 heterocycles. The van der Waals surface area contributed by atoms with Crippen molar-refractivity contribution in [1.29, 1.82) is 0 Å². The van der Waals surface area contributed by atoms with Gasteiger partial charge in [-0.2, -0.15) is 0 Å². The molecule has 2 aliphatic carbocycles. The standard InChI is InChI=1S/C22H28N4O2/c27-21(13-18-12-16-4-5-17(18)11-16)25-9-7-24(8-10-25)15-19-14-22(28)26-6-2-1-3-20(26)23-19/h1-3,6,14,16-18H,4-5,7-13,15H2/t16-,17-,18+/m0/s1.